The Labute approximate surface area is 186 Å². The first-order chi connectivity index (χ1) is 15.0. The van der Waals surface area contributed by atoms with Gasteiger partial charge < -0.3 is 10.1 Å². The molecule has 9 heteroatoms. The number of rotatable bonds is 6. The number of fused-ring (bicyclic) bond motifs is 1. The van der Waals surface area contributed by atoms with Crippen molar-refractivity contribution in [3.63, 3.8) is 0 Å². The number of carbonyl (C=O) groups excluding carboxylic acids is 1. The van der Waals surface area contributed by atoms with Gasteiger partial charge in [0.15, 0.2) is 0 Å². The van der Waals surface area contributed by atoms with Gasteiger partial charge in [-0.2, -0.15) is 0 Å². The van der Waals surface area contributed by atoms with Gasteiger partial charge in [-0.15, -0.1) is 11.3 Å². The van der Waals surface area contributed by atoms with E-state index in [1.807, 2.05) is 6.92 Å². The summed E-state index contributed by atoms with van der Waals surface area (Å²) >= 11 is 7.26. The van der Waals surface area contributed by atoms with E-state index in [9.17, 15) is 14.4 Å². The molecule has 0 atom stereocenters. The van der Waals surface area contributed by atoms with E-state index < -0.39 is 17.2 Å². The van der Waals surface area contributed by atoms with Crippen LogP contribution in [0.4, 0.5) is 5.69 Å². The second kappa shape index (κ2) is 8.79. The maximum atomic E-state index is 13.2. The van der Waals surface area contributed by atoms with E-state index in [2.05, 4.69) is 5.32 Å². The van der Waals surface area contributed by atoms with Crippen molar-refractivity contribution in [2.45, 2.75) is 13.5 Å². The van der Waals surface area contributed by atoms with E-state index in [0.29, 0.717) is 39.0 Å². The van der Waals surface area contributed by atoms with Gasteiger partial charge in [0.25, 0.3) is 5.56 Å². The molecule has 0 aliphatic rings. The first-order valence-electron chi connectivity index (χ1n) is 9.49. The zero-order valence-corrected chi connectivity index (χ0v) is 18.1. The molecule has 31 heavy (non-hydrogen) atoms. The molecular formula is C22H18ClN3O4S. The standard InChI is InChI=1S/C22H18ClN3O4S/c1-2-30-17-8-6-15(7-9-17)24-19(27)13-25-18-10-11-31-20(18)21(28)26(22(25)29)16-5-3-4-14(23)12-16/h3-12H,2,13H2,1H3,(H,24,27). The van der Waals surface area contributed by atoms with Crippen LogP contribution in [-0.2, 0) is 11.3 Å². The zero-order chi connectivity index (χ0) is 22.0. The van der Waals surface area contributed by atoms with Crippen LogP contribution in [0.5, 0.6) is 5.75 Å². The van der Waals surface area contributed by atoms with E-state index in [4.69, 9.17) is 16.3 Å². The Morgan fingerprint density at radius 2 is 1.90 bits per heavy atom. The molecule has 4 aromatic rings. The number of aromatic nitrogens is 2. The third-order valence-electron chi connectivity index (χ3n) is 4.57. The van der Waals surface area contributed by atoms with Gasteiger partial charge >= 0.3 is 5.69 Å². The van der Waals surface area contributed by atoms with Gasteiger partial charge in [-0.25, -0.2) is 9.36 Å². The maximum Gasteiger partial charge on any atom is 0.336 e. The van der Waals surface area contributed by atoms with Crippen molar-refractivity contribution in [2.24, 2.45) is 0 Å². The van der Waals surface area contributed by atoms with Crippen LogP contribution in [0.3, 0.4) is 0 Å². The Kier molecular flexibility index (Phi) is 5.92. The molecule has 4 rings (SSSR count). The van der Waals surface area contributed by atoms with Crippen LogP contribution >= 0.6 is 22.9 Å². The lowest BCUT2D eigenvalue weighted by atomic mass is 10.3. The largest absolute Gasteiger partial charge is 0.494 e. The summed E-state index contributed by atoms with van der Waals surface area (Å²) in [7, 11) is 0. The minimum atomic E-state index is -0.611. The molecular weight excluding hydrogens is 438 g/mol. The molecule has 0 bridgehead atoms. The first-order valence-corrected chi connectivity index (χ1v) is 10.8. The Morgan fingerprint density at radius 1 is 1.13 bits per heavy atom. The molecule has 0 aliphatic carbocycles. The summed E-state index contributed by atoms with van der Waals surface area (Å²) in [5.74, 6) is 0.306. The van der Waals surface area contributed by atoms with Crippen molar-refractivity contribution in [3.05, 3.63) is 85.8 Å². The van der Waals surface area contributed by atoms with Crippen molar-refractivity contribution < 1.29 is 9.53 Å². The highest BCUT2D eigenvalue weighted by Gasteiger charge is 2.18. The van der Waals surface area contributed by atoms with Crippen molar-refractivity contribution in [1.29, 1.82) is 0 Å². The minimum absolute atomic E-state index is 0.250. The van der Waals surface area contributed by atoms with E-state index in [1.54, 1.807) is 53.9 Å². The van der Waals surface area contributed by atoms with E-state index in [1.165, 1.54) is 22.0 Å². The molecule has 2 aromatic heterocycles. The SMILES string of the molecule is CCOc1ccc(NC(=O)Cn2c(=O)n(-c3cccc(Cl)c3)c(=O)c3sccc32)cc1. The summed E-state index contributed by atoms with van der Waals surface area (Å²) in [6.45, 7) is 2.19. The van der Waals surface area contributed by atoms with Crippen LogP contribution in [0.1, 0.15) is 6.92 Å². The summed E-state index contributed by atoms with van der Waals surface area (Å²) < 4.78 is 8.10. The molecule has 1 amide bonds. The lowest BCUT2D eigenvalue weighted by Gasteiger charge is -2.13. The Morgan fingerprint density at radius 3 is 2.61 bits per heavy atom. The minimum Gasteiger partial charge on any atom is -0.494 e. The van der Waals surface area contributed by atoms with Crippen molar-refractivity contribution in [2.75, 3.05) is 11.9 Å². The number of thiophene rings is 1. The number of halogens is 1. The molecule has 0 fully saturated rings. The zero-order valence-electron chi connectivity index (χ0n) is 16.5. The predicted octanol–water partition coefficient (Wildman–Crippen LogP) is 3.90. The molecule has 158 valence electrons. The topological polar surface area (TPSA) is 82.3 Å². The Balaban J connectivity index is 1.70. The van der Waals surface area contributed by atoms with E-state index in [0.717, 1.165) is 4.57 Å². The molecule has 1 N–H and O–H groups in total. The summed E-state index contributed by atoms with van der Waals surface area (Å²) in [6, 6.07) is 15.1. The highest BCUT2D eigenvalue weighted by molar-refractivity contribution is 7.17. The molecule has 0 spiro atoms. The van der Waals surface area contributed by atoms with Gasteiger partial charge in [-0.3, -0.25) is 14.2 Å². The van der Waals surface area contributed by atoms with Crippen LogP contribution in [0.2, 0.25) is 5.02 Å². The maximum absolute atomic E-state index is 13.2. The normalized spacial score (nSPS) is 10.9. The van der Waals surface area contributed by atoms with Gasteiger partial charge in [0.2, 0.25) is 5.91 Å². The fraction of sp³-hybridized carbons (Fsp3) is 0.136. The predicted molar refractivity (Wildman–Crippen MR) is 123 cm³/mol. The Bertz CT molecular complexity index is 1370. The fourth-order valence-corrected chi connectivity index (χ4v) is 4.24. The number of hydrogen-bond acceptors (Lipinski definition) is 5. The first kappa shape index (κ1) is 20.9. The number of nitrogens with zero attached hydrogens (tertiary/aromatic N) is 2. The number of amides is 1. The van der Waals surface area contributed by atoms with Crippen LogP contribution in [0.15, 0.2) is 69.6 Å². The van der Waals surface area contributed by atoms with E-state index in [-0.39, 0.29) is 6.54 Å². The monoisotopic (exact) mass is 455 g/mol. The quantitative estimate of drug-likeness (QED) is 0.478. The van der Waals surface area contributed by atoms with Gasteiger partial charge in [-0.05, 0) is 60.8 Å². The van der Waals surface area contributed by atoms with Crippen molar-refractivity contribution in [3.8, 4) is 11.4 Å². The van der Waals surface area contributed by atoms with E-state index >= 15 is 0 Å². The summed E-state index contributed by atoms with van der Waals surface area (Å²) in [6.07, 6.45) is 0. The average molecular weight is 456 g/mol. The third kappa shape index (κ3) is 4.26. The van der Waals surface area contributed by atoms with Gasteiger partial charge in [-0.1, -0.05) is 17.7 Å². The molecule has 0 radical (unpaired) electrons. The Hall–Kier alpha value is -3.36. The molecule has 2 heterocycles. The van der Waals surface area contributed by atoms with Crippen LogP contribution in [0, 0.1) is 0 Å². The third-order valence-corrected chi connectivity index (χ3v) is 5.70. The van der Waals surface area contributed by atoms with Crippen molar-refractivity contribution >= 4 is 44.7 Å². The number of ether oxygens (including phenoxy) is 1. The average Bonchev–Trinajstić information content (AvgIpc) is 3.23. The highest BCUT2D eigenvalue weighted by atomic mass is 35.5. The summed E-state index contributed by atoms with van der Waals surface area (Å²) in [4.78, 5) is 38.8. The molecule has 0 saturated carbocycles. The smallest absolute Gasteiger partial charge is 0.336 e. The van der Waals surface area contributed by atoms with Crippen LogP contribution in [0.25, 0.3) is 15.9 Å². The molecule has 7 nitrogen and oxygen atoms in total. The van der Waals surface area contributed by atoms with Gasteiger partial charge in [0.1, 0.15) is 17.0 Å². The van der Waals surface area contributed by atoms with Crippen LogP contribution in [-0.4, -0.2) is 21.6 Å². The lowest BCUT2D eigenvalue weighted by molar-refractivity contribution is -0.116. The summed E-state index contributed by atoms with van der Waals surface area (Å²) in [5, 5.41) is 4.88. The number of anilines is 1. The van der Waals surface area contributed by atoms with Crippen molar-refractivity contribution in [1.82, 2.24) is 9.13 Å². The molecule has 0 unspecified atom stereocenters. The number of carbonyl (C=O) groups is 1. The van der Waals surface area contributed by atoms with Gasteiger partial charge in [0, 0.05) is 10.7 Å². The van der Waals surface area contributed by atoms with Crippen LogP contribution < -0.4 is 21.3 Å². The summed E-state index contributed by atoms with van der Waals surface area (Å²) in [5.41, 5.74) is 0.283. The second-order valence-corrected chi connectivity index (χ2v) is 7.98. The molecule has 0 saturated heterocycles. The second-order valence-electron chi connectivity index (χ2n) is 6.63. The fourth-order valence-electron chi connectivity index (χ4n) is 3.23. The lowest BCUT2D eigenvalue weighted by Crippen LogP contribution is -2.40. The number of benzene rings is 2. The number of nitrogens with one attached hydrogen (secondary N) is 1. The molecule has 0 aliphatic heterocycles. The van der Waals surface area contributed by atoms with Gasteiger partial charge in [0.05, 0.1) is 17.8 Å². The highest BCUT2D eigenvalue weighted by Crippen LogP contribution is 2.19. The molecule has 2 aromatic carbocycles. The number of hydrogen-bond donors (Lipinski definition) is 1.